The Kier molecular flexibility index (Phi) is 4.54. The molecule has 0 aliphatic carbocycles. The van der Waals surface area contributed by atoms with Crippen LogP contribution in [-0.2, 0) is 0 Å². The van der Waals surface area contributed by atoms with E-state index in [-0.39, 0.29) is 21.6 Å². The summed E-state index contributed by atoms with van der Waals surface area (Å²) in [5.41, 5.74) is 7.07. The number of halogens is 3. The summed E-state index contributed by atoms with van der Waals surface area (Å²) in [4.78, 5) is 12.1. The third kappa shape index (κ3) is 3.32. The normalized spacial score (nSPS) is 10.3. The maximum Gasteiger partial charge on any atom is 0.255 e. The zero-order valence-corrected chi connectivity index (χ0v) is 13.3. The molecule has 0 unspecified atom stereocenters. The van der Waals surface area contributed by atoms with Crippen LogP contribution in [-0.4, -0.2) is 5.91 Å². The summed E-state index contributed by atoms with van der Waals surface area (Å²) < 4.78 is 0.946. The summed E-state index contributed by atoms with van der Waals surface area (Å²) in [6.45, 7) is 0. The molecule has 0 atom stereocenters. The van der Waals surface area contributed by atoms with Crippen LogP contribution in [0.25, 0.3) is 0 Å². The van der Waals surface area contributed by atoms with E-state index < -0.39 is 0 Å². The summed E-state index contributed by atoms with van der Waals surface area (Å²) >= 11 is 13.9. The van der Waals surface area contributed by atoms with Gasteiger partial charge < -0.3 is 11.1 Å². The average Bonchev–Trinajstić information content (AvgIpc) is 2.38. The Morgan fingerprint density at radius 2 is 1.89 bits per heavy atom. The molecule has 0 aliphatic rings. The first-order valence-corrected chi connectivity index (χ1v) is 7.13. The second-order valence-corrected chi connectivity index (χ2v) is 5.74. The Morgan fingerprint density at radius 3 is 2.53 bits per heavy atom. The number of amides is 1. The molecule has 0 bridgehead atoms. The quantitative estimate of drug-likeness (QED) is 0.572. The number of rotatable bonds is 2. The molecule has 2 aromatic carbocycles. The predicted molar refractivity (Wildman–Crippen MR) is 88.0 cm³/mol. The molecule has 2 rings (SSSR count). The second-order valence-electron chi connectivity index (χ2n) is 3.80. The van der Waals surface area contributed by atoms with Crippen LogP contribution in [0.15, 0.2) is 36.4 Å². The van der Waals surface area contributed by atoms with Crippen LogP contribution in [0.2, 0.25) is 10.0 Å². The minimum atomic E-state index is -0.283. The molecule has 0 fully saturated rings. The molecule has 19 heavy (non-hydrogen) atoms. The van der Waals surface area contributed by atoms with Crippen molar-refractivity contribution in [1.82, 2.24) is 0 Å². The first-order chi connectivity index (χ1) is 8.99. The zero-order valence-electron chi connectivity index (χ0n) is 9.58. The fraction of sp³-hybridized carbons (Fsp3) is 0. The van der Waals surface area contributed by atoms with Gasteiger partial charge in [0.15, 0.2) is 0 Å². The van der Waals surface area contributed by atoms with E-state index in [2.05, 4.69) is 27.9 Å². The van der Waals surface area contributed by atoms with Gasteiger partial charge in [-0.15, -0.1) is 0 Å². The van der Waals surface area contributed by atoms with Gasteiger partial charge in [-0.2, -0.15) is 0 Å². The summed E-state index contributed by atoms with van der Waals surface area (Å²) in [6, 6.07) is 10.5. The highest BCUT2D eigenvalue weighted by molar-refractivity contribution is 14.1. The Balaban J connectivity index is 2.28. The van der Waals surface area contributed by atoms with Crippen molar-refractivity contribution in [2.75, 3.05) is 11.1 Å². The number of hydrogen-bond acceptors (Lipinski definition) is 2. The lowest BCUT2D eigenvalue weighted by Crippen LogP contribution is -2.13. The van der Waals surface area contributed by atoms with Gasteiger partial charge in [-0.25, -0.2) is 0 Å². The van der Waals surface area contributed by atoms with Crippen molar-refractivity contribution in [3.63, 3.8) is 0 Å². The van der Waals surface area contributed by atoms with E-state index in [9.17, 15) is 4.79 Å². The zero-order chi connectivity index (χ0) is 14.0. The maximum atomic E-state index is 12.1. The lowest BCUT2D eigenvalue weighted by molar-refractivity contribution is 0.102. The van der Waals surface area contributed by atoms with Crippen LogP contribution in [0, 0.1) is 3.57 Å². The standard InChI is InChI=1S/C13H9Cl2IN2O/c14-8-5-7(6-10(17)12(8)15)13(19)18-11-4-2-1-3-9(11)16/h1-6H,17H2,(H,18,19). The van der Waals surface area contributed by atoms with Crippen molar-refractivity contribution in [2.24, 2.45) is 0 Å². The lowest BCUT2D eigenvalue weighted by Gasteiger charge is -2.09. The van der Waals surface area contributed by atoms with Crippen molar-refractivity contribution >= 4 is 63.1 Å². The van der Waals surface area contributed by atoms with E-state index in [1.807, 2.05) is 24.3 Å². The molecule has 1 amide bonds. The third-order valence-electron chi connectivity index (χ3n) is 2.44. The molecule has 0 aliphatic heterocycles. The first-order valence-electron chi connectivity index (χ1n) is 5.29. The molecule has 98 valence electrons. The molecule has 0 radical (unpaired) electrons. The molecule has 2 aromatic rings. The highest BCUT2D eigenvalue weighted by Crippen LogP contribution is 2.29. The number of hydrogen-bond donors (Lipinski definition) is 2. The summed E-state index contributed by atoms with van der Waals surface area (Å²) in [7, 11) is 0. The number of nitrogens with one attached hydrogen (secondary N) is 1. The fourth-order valence-electron chi connectivity index (χ4n) is 1.50. The molecule has 0 saturated carbocycles. The van der Waals surface area contributed by atoms with E-state index in [1.54, 1.807) is 0 Å². The minimum absolute atomic E-state index is 0.257. The molecule has 0 spiro atoms. The van der Waals surface area contributed by atoms with Crippen LogP contribution in [0.3, 0.4) is 0 Å². The second kappa shape index (κ2) is 5.98. The molecule has 0 heterocycles. The third-order valence-corrected chi connectivity index (χ3v) is 4.20. The van der Waals surface area contributed by atoms with Gasteiger partial charge in [0.05, 0.1) is 21.4 Å². The van der Waals surface area contributed by atoms with Gasteiger partial charge >= 0.3 is 0 Å². The first kappa shape index (κ1) is 14.4. The number of carbonyl (C=O) groups excluding carboxylic acids is 1. The van der Waals surface area contributed by atoms with Crippen molar-refractivity contribution in [1.29, 1.82) is 0 Å². The maximum absolute atomic E-state index is 12.1. The minimum Gasteiger partial charge on any atom is -0.397 e. The number of anilines is 2. The Labute approximate surface area is 134 Å². The van der Waals surface area contributed by atoms with Gasteiger partial charge in [0.25, 0.3) is 5.91 Å². The predicted octanol–water partition coefficient (Wildman–Crippen LogP) is 4.43. The van der Waals surface area contributed by atoms with Crippen LogP contribution in [0.5, 0.6) is 0 Å². The van der Waals surface area contributed by atoms with Crippen LogP contribution in [0.4, 0.5) is 11.4 Å². The van der Waals surface area contributed by atoms with Gasteiger partial charge in [0.1, 0.15) is 0 Å². The van der Waals surface area contributed by atoms with E-state index in [0.717, 1.165) is 9.26 Å². The summed E-state index contributed by atoms with van der Waals surface area (Å²) in [5.74, 6) is -0.283. The van der Waals surface area contributed by atoms with E-state index in [1.165, 1.54) is 12.1 Å². The van der Waals surface area contributed by atoms with Crippen LogP contribution >= 0.6 is 45.8 Å². The smallest absolute Gasteiger partial charge is 0.255 e. The van der Waals surface area contributed by atoms with Gasteiger partial charge in [-0.3, -0.25) is 4.79 Å². The molecule has 3 nitrogen and oxygen atoms in total. The number of nitrogen functional groups attached to an aromatic ring is 1. The average molecular weight is 407 g/mol. The van der Waals surface area contributed by atoms with Gasteiger partial charge in [-0.1, -0.05) is 35.3 Å². The summed E-state index contributed by atoms with van der Waals surface area (Å²) in [5, 5.41) is 3.31. The van der Waals surface area contributed by atoms with E-state index >= 15 is 0 Å². The molecular formula is C13H9Cl2IN2O. The van der Waals surface area contributed by atoms with Gasteiger partial charge in [0, 0.05) is 9.13 Å². The largest absolute Gasteiger partial charge is 0.397 e. The van der Waals surface area contributed by atoms with Crippen molar-refractivity contribution in [2.45, 2.75) is 0 Å². The number of nitrogens with two attached hydrogens (primary N) is 1. The fourth-order valence-corrected chi connectivity index (χ4v) is 2.36. The van der Waals surface area contributed by atoms with E-state index in [0.29, 0.717) is 5.56 Å². The SMILES string of the molecule is Nc1cc(C(=O)Nc2ccccc2I)cc(Cl)c1Cl. The molecule has 6 heteroatoms. The Morgan fingerprint density at radius 1 is 1.21 bits per heavy atom. The number of benzene rings is 2. The lowest BCUT2D eigenvalue weighted by atomic mass is 10.2. The molecular weight excluding hydrogens is 398 g/mol. The molecule has 0 saturated heterocycles. The van der Waals surface area contributed by atoms with Crippen LogP contribution in [0.1, 0.15) is 10.4 Å². The number of para-hydroxylation sites is 1. The van der Waals surface area contributed by atoms with Crippen molar-refractivity contribution in [3.05, 3.63) is 55.6 Å². The molecule has 0 aromatic heterocycles. The number of carbonyl (C=O) groups is 1. The van der Waals surface area contributed by atoms with Gasteiger partial charge in [-0.05, 0) is 46.9 Å². The Hall–Kier alpha value is -0.980. The van der Waals surface area contributed by atoms with Crippen molar-refractivity contribution < 1.29 is 4.79 Å². The monoisotopic (exact) mass is 406 g/mol. The Bertz CT molecular complexity index is 623. The summed E-state index contributed by atoms with van der Waals surface area (Å²) in [6.07, 6.45) is 0. The van der Waals surface area contributed by atoms with Crippen molar-refractivity contribution in [3.8, 4) is 0 Å². The molecule has 3 N–H and O–H groups in total. The van der Waals surface area contributed by atoms with Gasteiger partial charge in [0.2, 0.25) is 0 Å². The van der Waals surface area contributed by atoms with E-state index in [4.69, 9.17) is 28.9 Å². The highest BCUT2D eigenvalue weighted by Gasteiger charge is 2.12. The highest BCUT2D eigenvalue weighted by atomic mass is 127. The topological polar surface area (TPSA) is 55.1 Å². The van der Waals surface area contributed by atoms with Crippen LogP contribution < -0.4 is 11.1 Å².